The molecule has 0 aliphatic heterocycles. The summed E-state index contributed by atoms with van der Waals surface area (Å²) < 4.78 is 0. The molecule has 0 unspecified atom stereocenters. The molecule has 0 radical (unpaired) electrons. The second kappa shape index (κ2) is 5.65. The minimum atomic E-state index is 0.781. The number of nitrogen functional groups attached to an aromatic ring is 2. The average Bonchev–Trinajstić information content (AvgIpc) is 2.43. The smallest absolute Gasteiger partial charge is 0.0605 e. The summed E-state index contributed by atoms with van der Waals surface area (Å²) in [6, 6.07) is 14.1. The van der Waals surface area contributed by atoms with Crippen molar-refractivity contribution in [2.45, 2.75) is 13.8 Å². The second-order valence-corrected chi connectivity index (χ2v) is 4.57. The first kappa shape index (κ1) is 13.3. The van der Waals surface area contributed by atoms with Crippen LogP contribution in [0.3, 0.4) is 0 Å². The van der Waals surface area contributed by atoms with Crippen LogP contribution in [0.1, 0.15) is 13.8 Å². The van der Waals surface area contributed by atoms with Gasteiger partial charge < -0.3 is 16.4 Å². The molecule has 3 nitrogen and oxygen atoms in total. The first-order valence-corrected chi connectivity index (χ1v) is 6.66. The Kier molecular flexibility index (Phi) is 3.95. The van der Waals surface area contributed by atoms with Crippen LogP contribution < -0.4 is 16.4 Å². The van der Waals surface area contributed by atoms with Gasteiger partial charge in [0.25, 0.3) is 0 Å². The summed E-state index contributed by atoms with van der Waals surface area (Å²) in [4.78, 5) is 2.26. The van der Waals surface area contributed by atoms with E-state index in [9.17, 15) is 0 Å². The molecule has 0 aromatic heterocycles. The van der Waals surface area contributed by atoms with Gasteiger partial charge in [-0.1, -0.05) is 18.2 Å². The number of hydrogen-bond donors (Lipinski definition) is 2. The highest BCUT2D eigenvalue weighted by molar-refractivity contribution is 5.77. The minimum absolute atomic E-state index is 0.781. The standard InChI is InChI=1S/C16H21N3/c1-3-19(4-2)16-11-13(7-10-15(16)18)12-5-8-14(17)9-6-12/h5-11H,3-4,17-18H2,1-2H3. The maximum Gasteiger partial charge on any atom is 0.0605 e. The largest absolute Gasteiger partial charge is 0.399 e. The number of nitrogens with zero attached hydrogens (tertiary/aromatic N) is 1. The van der Waals surface area contributed by atoms with E-state index in [4.69, 9.17) is 11.5 Å². The Morgan fingerprint density at radius 2 is 1.42 bits per heavy atom. The fourth-order valence-electron chi connectivity index (χ4n) is 2.24. The predicted octanol–water partition coefficient (Wildman–Crippen LogP) is 3.36. The molecule has 0 saturated carbocycles. The van der Waals surface area contributed by atoms with Crippen molar-refractivity contribution >= 4 is 17.1 Å². The van der Waals surface area contributed by atoms with E-state index in [1.165, 1.54) is 0 Å². The maximum absolute atomic E-state index is 6.08. The molecule has 0 heterocycles. The first-order valence-electron chi connectivity index (χ1n) is 6.66. The van der Waals surface area contributed by atoms with Gasteiger partial charge in [-0.05, 0) is 49.2 Å². The highest BCUT2D eigenvalue weighted by Gasteiger charge is 2.08. The monoisotopic (exact) mass is 255 g/mol. The van der Waals surface area contributed by atoms with Gasteiger partial charge in [0.05, 0.1) is 11.4 Å². The Morgan fingerprint density at radius 3 is 2.00 bits per heavy atom. The molecule has 0 saturated heterocycles. The molecule has 0 spiro atoms. The average molecular weight is 255 g/mol. The Labute approximate surface area is 114 Å². The third kappa shape index (κ3) is 2.81. The van der Waals surface area contributed by atoms with E-state index in [-0.39, 0.29) is 0 Å². The maximum atomic E-state index is 6.08. The fraction of sp³-hybridized carbons (Fsp3) is 0.250. The van der Waals surface area contributed by atoms with Crippen molar-refractivity contribution in [3.05, 3.63) is 42.5 Å². The molecular formula is C16H21N3. The molecular weight excluding hydrogens is 234 g/mol. The van der Waals surface area contributed by atoms with E-state index in [0.29, 0.717) is 0 Å². The van der Waals surface area contributed by atoms with E-state index in [2.05, 4.69) is 24.8 Å². The number of anilines is 3. The van der Waals surface area contributed by atoms with Gasteiger partial charge in [0.1, 0.15) is 0 Å². The van der Waals surface area contributed by atoms with E-state index in [1.807, 2.05) is 36.4 Å². The topological polar surface area (TPSA) is 55.3 Å². The number of benzene rings is 2. The second-order valence-electron chi connectivity index (χ2n) is 4.57. The molecule has 0 aliphatic carbocycles. The Morgan fingerprint density at radius 1 is 0.842 bits per heavy atom. The molecule has 0 fully saturated rings. The van der Waals surface area contributed by atoms with Gasteiger partial charge >= 0.3 is 0 Å². The number of nitrogens with two attached hydrogens (primary N) is 2. The van der Waals surface area contributed by atoms with Crippen molar-refractivity contribution in [2.24, 2.45) is 0 Å². The summed E-state index contributed by atoms with van der Waals surface area (Å²) in [6.07, 6.45) is 0. The van der Waals surface area contributed by atoms with Crippen molar-refractivity contribution in [2.75, 3.05) is 29.5 Å². The molecule has 0 atom stereocenters. The van der Waals surface area contributed by atoms with Crippen molar-refractivity contribution in [3.8, 4) is 11.1 Å². The van der Waals surface area contributed by atoms with E-state index >= 15 is 0 Å². The van der Waals surface area contributed by atoms with Gasteiger partial charge in [-0.15, -0.1) is 0 Å². The minimum Gasteiger partial charge on any atom is -0.399 e. The Balaban J connectivity index is 2.43. The van der Waals surface area contributed by atoms with Gasteiger partial charge in [-0.25, -0.2) is 0 Å². The summed E-state index contributed by atoms with van der Waals surface area (Å²) >= 11 is 0. The van der Waals surface area contributed by atoms with E-state index in [1.54, 1.807) is 0 Å². The molecule has 0 amide bonds. The van der Waals surface area contributed by atoms with Gasteiger partial charge in [0.2, 0.25) is 0 Å². The number of hydrogen-bond acceptors (Lipinski definition) is 3. The normalized spacial score (nSPS) is 10.4. The molecule has 19 heavy (non-hydrogen) atoms. The lowest BCUT2D eigenvalue weighted by Gasteiger charge is -2.23. The molecule has 3 heteroatoms. The SMILES string of the molecule is CCN(CC)c1cc(-c2ccc(N)cc2)ccc1N. The van der Waals surface area contributed by atoms with E-state index in [0.717, 1.165) is 41.3 Å². The highest BCUT2D eigenvalue weighted by atomic mass is 15.1. The van der Waals surface area contributed by atoms with Crippen molar-refractivity contribution < 1.29 is 0 Å². The van der Waals surface area contributed by atoms with Crippen molar-refractivity contribution in [3.63, 3.8) is 0 Å². The zero-order chi connectivity index (χ0) is 13.8. The number of rotatable bonds is 4. The molecule has 2 rings (SSSR count). The third-order valence-corrected chi connectivity index (χ3v) is 3.38. The van der Waals surface area contributed by atoms with Gasteiger partial charge in [0.15, 0.2) is 0 Å². The lowest BCUT2D eigenvalue weighted by molar-refractivity contribution is 0.868. The third-order valence-electron chi connectivity index (χ3n) is 3.38. The van der Waals surface area contributed by atoms with Crippen LogP contribution in [-0.4, -0.2) is 13.1 Å². The van der Waals surface area contributed by atoms with Crippen LogP contribution >= 0.6 is 0 Å². The first-order chi connectivity index (χ1) is 9.15. The lowest BCUT2D eigenvalue weighted by Crippen LogP contribution is -2.22. The summed E-state index contributed by atoms with van der Waals surface area (Å²) in [5.41, 5.74) is 16.8. The van der Waals surface area contributed by atoms with Crippen LogP contribution in [0.4, 0.5) is 17.1 Å². The van der Waals surface area contributed by atoms with Crippen LogP contribution in [-0.2, 0) is 0 Å². The van der Waals surface area contributed by atoms with Crippen LogP contribution in [0.2, 0.25) is 0 Å². The molecule has 0 bridgehead atoms. The van der Waals surface area contributed by atoms with Gasteiger partial charge in [-0.2, -0.15) is 0 Å². The quantitative estimate of drug-likeness (QED) is 0.824. The van der Waals surface area contributed by atoms with Crippen LogP contribution in [0.25, 0.3) is 11.1 Å². The summed E-state index contributed by atoms with van der Waals surface area (Å²) in [5, 5.41) is 0. The van der Waals surface area contributed by atoms with Crippen molar-refractivity contribution in [1.82, 2.24) is 0 Å². The lowest BCUT2D eigenvalue weighted by atomic mass is 10.0. The highest BCUT2D eigenvalue weighted by Crippen LogP contribution is 2.30. The van der Waals surface area contributed by atoms with Crippen LogP contribution in [0, 0.1) is 0 Å². The zero-order valence-corrected chi connectivity index (χ0v) is 11.6. The molecule has 2 aromatic carbocycles. The molecule has 100 valence electrons. The zero-order valence-electron chi connectivity index (χ0n) is 11.6. The summed E-state index contributed by atoms with van der Waals surface area (Å²) in [7, 11) is 0. The summed E-state index contributed by atoms with van der Waals surface area (Å²) in [6.45, 7) is 6.18. The Hall–Kier alpha value is -2.16. The fourth-order valence-corrected chi connectivity index (χ4v) is 2.24. The van der Waals surface area contributed by atoms with E-state index < -0.39 is 0 Å². The summed E-state index contributed by atoms with van der Waals surface area (Å²) in [5.74, 6) is 0. The molecule has 4 N–H and O–H groups in total. The van der Waals surface area contributed by atoms with Gasteiger partial charge in [0, 0.05) is 18.8 Å². The van der Waals surface area contributed by atoms with Crippen molar-refractivity contribution in [1.29, 1.82) is 0 Å². The van der Waals surface area contributed by atoms with Gasteiger partial charge in [-0.3, -0.25) is 0 Å². The molecule has 0 aliphatic rings. The Bertz CT molecular complexity index is 542. The molecule has 2 aromatic rings. The van der Waals surface area contributed by atoms with Crippen LogP contribution in [0.5, 0.6) is 0 Å². The predicted molar refractivity (Wildman–Crippen MR) is 84.3 cm³/mol. The van der Waals surface area contributed by atoms with Crippen LogP contribution in [0.15, 0.2) is 42.5 Å².